The molecule has 1 fully saturated rings. The quantitative estimate of drug-likeness (QED) is 0.285. The average molecular weight is 612 g/mol. The molecular formula is C29H34FN7O5S. The Hall–Kier alpha value is -4.33. The van der Waals surface area contributed by atoms with Gasteiger partial charge in [-0.05, 0) is 62.0 Å². The second-order valence-corrected chi connectivity index (χ2v) is 12.2. The topological polar surface area (TPSA) is 143 Å². The molecule has 1 saturated carbocycles. The third-order valence-electron chi connectivity index (χ3n) is 8.60. The van der Waals surface area contributed by atoms with Crippen molar-refractivity contribution in [3.63, 3.8) is 0 Å². The van der Waals surface area contributed by atoms with Crippen molar-refractivity contribution in [1.82, 2.24) is 34.2 Å². The van der Waals surface area contributed by atoms with Crippen LogP contribution in [0.1, 0.15) is 53.1 Å². The Labute approximate surface area is 252 Å². The van der Waals surface area contributed by atoms with Gasteiger partial charge in [-0.2, -0.15) is 0 Å². The summed E-state index contributed by atoms with van der Waals surface area (Å²) in [6.07, 6.45) is 5.50. The Kier molecular flexibility index (Phi) is 7.75. The highest BCUT2D eigenvalue weighted by Crippen LogP contribution is 2.50. The fraction of sp³-hybridized carbons (Fsp3) is 0.448. The number of hydrogen-bond donors (Lipinski definition) is 3. The third kappa shape index (κ3) is 5.46. The Balaban J connectivity index is 1.56. The van der Waals surface area contributed by atoms with E-state index >= 15 is 0 Å². The lowest BCUT2D eigenvalue weighted by Crippen LogP contribution is -2.54. The first-order valence-corrected chi connectivity index (χ1v) is 14.3. The summed E-state index contributed by atoms with van der Waals surface area (Å²) in [5, 5.41) is 16.4. The second kappa shape index (κ2) is 11.1. The minimum absolute atomic E-state index is 0.000469. The van der Waals surface area contributed by atoms with E-state index in [1.807, 2.05) is 28.6 Å². The van der Waals surface area contributed by atoms with Gasteiger partial charge in [-0.3, -0.25) is 23.7 Å². The van der Waals surface area contributed by atoms with Gasteiger partial charge >= 0.3 is 11.8 Å². The molecule has 1 aliphatic carbocycles. The summed E-state index contributed by atoms with van der Waals surface area (Å²) in [5.74, 6) is -3.54. The molecule has 43 heavy (non-hydrogen) atoms. The van der Waals surface area contributed by atoms with Gasteiger partial charge in [-0.25, -0.2) is 9.37 Å². The third-order valence-corrected chi connectivity index (χ3v) is 9.12. The summed E-state index contributed by atoms with van der Waals surface area (Å²) in [5.41, 5.74) is -2.02. The summed E-state index contributed by atoms with van der Waals surface area (Å²) in [6.45, 7) is 2.25. The fourth-order valence-electron chi connectivity index (χ4n) is 6.08. The van der Waals surface area contributed by atoms with E-state index in [4.69, 9.17) is 12.2 Å². The normalized spacial score (nSPS) is 20.7. The molecule has 2 aliphatic heterocycles. The van der Waals surface area contributed by atoms with Crippen molar-refractivity contribution in [3.05, 3.63) is 74.2 Å². The number of benzene rings is 1. The zero-order valence-electron chi connectivity index (χ0n) is 24.4. The zero-order chi connectivity index (χ0) is 31.3. The number of aromatic hydroxyl groups is 1. The number of rotatable bonds is 6. The van der Waals surface area contributed by atoms with Crippen LogP contribution in [-0.4, -0.2) is 60.5 Å². The maximum Gasteiger partial charge on any atom is 0.311 e. The number of aromatic nitrogens is 4. The van der Waals surface area contributed by atoms with E-state index < -0.39 is 45.7 Å². The van der Waals surface area contributed by atoms with Gasteiger partial charge in [-0.1, -0.05) is 12.1 Å². The van der Waals surface area contributed by atoms with Gasteiger partial charge in [0.2, 0.25) is 5.75 Å². The van der Waals surface area contributed by atoms with Crippen molar-refractivity contribution in [1.29, 1.82) is 0 Å². The first kappa shape index (κ1) is 30.1. The summed E-state index contributed by atoms with van der Waals surface area (Å²) in [7, 11) is 4.77. The van der Waals surface area contributed by atoms with E-state index in [1.54, 1.807) is 13.0 Å². The van der Waals surface area contributed by atoms with Crippen molar-refractivity contribution in [2.45, 2.75) is 57.8 Å². The van der Waals surface area contributed by atoms with E-state index in [0.717, 1.165) is 4.90 Å². The van der Waals surface area contributed by atoms with E-state index in [9.17, 15) is 28.7 Å². The van der Waals surface area contributed by atoms with Crippen molar-refractivity contribution in [2.24, 2.45) is 12.5 Å². The van der Waals surface area contributed by atoms with Crippen molar-refractivity contribution in [3.8, 4) is 5.75 Å². The first-order valence-electron chi connectivity index (χ1n) is 13.9. The van der Waals surface area contributed by atoms with E-state index in [2.05, 4.69) is 15.6 Å². The van der Waals surface area contributed by atoms with Crippen molar-refractivity contribution >= 4 is 29.9 Å². The summed E-state index contributed by atoms with van der Waals surface area (Å²) in [6, 6.07) is 4.39. The number of fused-ring (bicyclic) bond motifs is 2. The summed E-state index contributed by atoms with van der Waals surface area (Å²) in [4.78, 5) is 58.3. The number of likely N-dealkylation sites (N-methyl/N-ethyl adjacent to an activating group) is 1. The van der Waals surface area contributed by atoms with E-state index in [-0.39, 0.29) is 24.7 Å². The number of nitrogens with one attached hydrogen (secondary N) is 2. The highest BCUT2D eigenvalue weighted by molar-refractivity contribution is 7.71. The number of halogens is 1. The van der Waals surface area contributed by atoms with Gasteiger partial charge in [0.05, 0.1) is 5.54 Å². The molecule has 3 aliphatic rings. The second-order valence-electron chi connectivity index (χ2n) is 11.8. The Morgan fingerprint density at radius 1 is 1.16 bits per heavy atom. The number of amides is 3. The molecule has 3 N–H and O–H groups in total. The number of aryl methyl sites for hydroxylation is 2. The molecule has 0 spiro atoms. The fourth-order valence-corrected chi connectivity index (χ4v) is 6.26. The summed E-state index contributed by atoms with van der Waals surface area (Å²) < 4.78 is 19.4. The van der Waals surface area contributed by atoms with Crippen LogP contribution >= 0.6 is 12.2 Å². The number of nitrogens with zero attached hydrogens (tertiary/aromatic N) is 5. The van der Waals surface area contributed by atoms with Crippen LogP contribution in [0.2, 0.25) is 0 Å². The summed E-state index contributed by atoms with van der Waals surface area (Å²) >= 11 is 5.56. The number of carbonyl (C=O) groups is 3. The van der Waals surface area contributed by atoms with Crippen molar-refractivity contribution in [2.75, 3.05) is 14.1 Å². The molecule has 0 radical (unpaired) electrons. The number of hydrogen-bond acceptors (Lipinski definition) is 7. The lowest BCUT2D eigenvalue weighted by Gasteiger charge is -2.42. The number of imidazole rings is 1. The Morgan fingerprint density at radius 3 is 2.47 bits per heavy atom. The smallest absolute Gasteiger partial charge is 0.311 e. The molecule has 3 aromatic rings. The zero-order valence-corrected chi connectivity index (χ0v) is 25.3. The van der Waals surface area contributed by atoms with Crippen LogP contribution in [0.15, 0.2) is 35.4 Å². The lowest BCUT2D eigenvalue weighted by atomic mass is 9.68. The predicted octanol–water partition coefficient (Wildman–Crippen LogP) is 1.87. The van der Waals surface area contributed by atoms with Crippen LogP contribution in [0.4, 0.5) is 4.39 Å². The van der Waals surface area contributed by atoms with Crippen LogP contribution in [0.25, 0.3) is 0 Å². The van der Waals surface area contributed by atoms with Gasteiger partial charge in [0.1, 0.15) is 11.6 Å². The van der Waals surface area contributed by atoms with Crippen LogP contribution in [0, 0.1) is 22.9 Å². The molecule has 14 heteroatoms. The Morgan fingerprint density at radius 2 is 1.86 bits per heavy atom. The molecular weight excluding hydrogens is 577 g/mol. The van der Waals surface area contributed by atoms with Crippen molar-refractivity contribution < 1.29 is 23.9 Å². The molecule has 1 aromatic carbocycles. The predicted molar refractivity (Wildman–Crippen MR) is 156 cm³/mol. The minimum Gasteiger partial charge on any atom is -0.501 e. The van der Waals surface area contributed by atoms with E-state index in [1.165, 1.54) is 30.8 Å². The largest absolute Gasteiger partial charge is 0.501 e. The minimum atomic E-state index is -1.24. The van der Waals surface area contributed by atoms with Crippen LogP contribution in [0.5, 0.6) is 5.75 Å². The van der Waals surface area contributed by atoms with Crippen LogP contribution in [0.3, 0.4) is 0 Å². The number of carbonyl (C=O) groups excluding carboxylic acids is 3. The van der Waals surface area contributed by atoms with E-state index in [0.29, 0.717) is 48.1 Å². The molecule has 0 unspecified atom stereocenters. The van der Waals surface area contributed by atoms with Gasteiger partial charge in [0.15, 0.2) is 10.5 Å². The Bertz CT molecular complexity index is 1750. The average Bonchev–Trinajstić information content (AvgIpc) is 3.14. The molecule has 3 amide bonds. The van der Waals surface area contributed by atoms with Gasteiger partial charge in [-0.15, -0.1) is 0 Å². The molecule has 4 heterocycles. The lowest BCUT2D eigenvalue weighted by molar-refractivity contribution is -0.145. The van der Waals surface area contributed by atoms with Gasteiger partial charge in [0, 0.05) is 58.6 Å². The maximum absolute atomic E-state index is 13.7. The molecule has 6 rings (SSSR count). The maximum atomic E-state index is 13.7. The van der Waals surface area contributed by atoms with Crippen LogP contribution in [-0.2, 0) is 41.8 Å². The molecule has 2 bridgehead atoms. The first-order chi connectivity index (χ1) is 20.3. The molecule has 0 atom stereocenters. The monoisotopic (exact) mass is 611 g/mol. The molecule has 2 aromatic heterocycles. The SMILES string of the molecule is Cc1cc(CNC(=O)c2nc3n(c(=O)c2O)CC2(Cn4ccn(C)c4=S)CCC3(NC(=O)C(=O)N(C)C)CC2)ccc1F. The standard InChI is InChI=1S/C29H34FN7O5S/c1-17-13-18(5-6-19(17)30)14-31-22(39)20-21(38)24(41)37-16-28(15-36-12-11-35(4)27(36)43)7-9-29(10-8-28,26(37)32-20)33-23(40)25(42)34(2)3/h5-6,11-13,38H,7-10,14-16H2,1-4H3,(H,31,39)(H,33,40). The highest BCUT2D eigenvalue weighted by Gasteiger charge is 2.52. The van der Waals surface area contributed by atoms with Gasteiger partial charge in [0.25, 0.3) is 11.5 Å². The molecule has 228 valence electrons. The van der Waals surface area contributed by atoms with Crippen LogP contribution < -0.4 is 16.2 Å². The molecule has 12 nitrogen and oxygen atoms in total. The molecule has 0 saturated heterocycles. The van der Waals surface area contributed by atoms with Gasteiger partial charge < -0.3 is 29.8 Å². The highest BCUT2D eigenvalue weighted by atomic mass is 32.1.